The molecule has 1 aromatic rings. The zero-order chi connectivity index (χ0) is 16.8. The fourth-order valence-electron chi connectivity index (χ4n) is 2.64. The van der Waals surface area contributed by atoms with Crippen molar-refractivity contribution in [2.24, 2.45) is 5.92 Å². The molecule has 2 atom stereocenters. The lowest BCUT2D eigenvalue weighted by molar-refractivity contribution is 0.0220. The molecule has 0 saturated heterocycles. The van der Waals surface area contributed by atoms with Crippen LogP contribution in [-0.4, -0.2) is 45.2 Å². The Morgan fingerprint density at radius 2 is 2.13 bits per heavy atom. The quantitative estimate of drug-likeness (QED) is 0.890. The molecule has 2 aliphatic rings. The standard InChI is InChI=1S/C16H22N2O4S/c1-16(2,3)22-15(21)18(7-9-4-5-9)12-6-10(12)11-8-23-13(17-11)14(19)20/h8-10,12H,4-7H2,1-3H3,(H,19,20). The number of carbonyl (C=O) groups excluding carboxylic acids is 1. The summed E-state index contributed by atoms with van der Waals surface area (Å²) in [4.78, 5) is 29.4. The van der Waals surface area contributed by atoms with Crippen molar-refractivity contribution in [3.05, 3.63) is 16.1 Å². The first-order valence-electron chi connectivity index (χ1n) is 7.93. The Morgan fingerprint density at radius 3 is 2.65 bits per heavy atom. The predicted octanol–water partition coefficient (Wildman–Crippen LogP) is 3.34. The van der Waals surface area contributed by atoms with E-state index in [1.807, 2.05) is 25.7 Å². The smallest absolute Gasteiger partial charge is 0.410 e. The molecule has 0 aliphatic heterocycles. The van der Waals surface area contributed by atoms with E-state index in [0.29, 0.717) is 5.92 Å². The highest BCUT2D eigenvalue weighted by Gasteiger charge is 2.48. The van der Waals surface area contributed by atoms with Crippen LogP contribution in [0.25, 0.3) is 0 Å². The summed E-state index contributed by atoms with van der Waals surface area (Å²) in [6.45, 7) is 6.32. The number of hydrogen-bond acceptors (Lipinski definition) is 5. The van der Waals surface area contributed by atoms with Gasteiger partial charge in [0.1, 0.15) is 5.60 Å². The molecule has 1 heterocycles. The van der Waals surface area contributed by atoms with Crippen LogP contribution in [0.5, 0.6) is 0 Å². The molecule has 126 valence electrons. The maximum absolute atomic E-state index is 12.5. The van der Waals surface area contributed by atoms with Crippen molar-refractivity contribution in [2.45, 2.75) is 57.6 Å². The molecule has 2 fully saturated rings. The van der Waals surface area contributed by atoms with E-state index in [1.54, 1.807) is 5.38 Å². The molecule has 1 aromatic heterocycles. The van der Waals surface area contributed by atoms with Gasteiger partial charge in [-0.2, -0.15) is 0 Å². The van der Waals surface area contributed by atoms with Crippen molar-refractivity contribution in [3.63, 3.8) is 0 Å². The summed E-state index contributed by atoms with van der Waals surface area (Å²) < 4.78 is 5.53. The van der Waals surface area contributed by atoms with Crippen molar-refractivity contribution < 1.29 is 19.4 Å². The molecule has 2 saturated carbocycles. The van der Waals surface area contributed by atoms with Crippen LogP contribution in [0.15, 0.2) is 5.38 Å². The van der Waals surface area contributed by atoms with Crippen LogP contribution in [0.4, 0.5) is 4.79 Å². The highest BCUT2D eigenvalue weighted by Crippen LogP contribution is 2.46. The van der Waals surface area contributed by atoms with E-state index in [0.717, 1.165) is 42.8 Å². The van der Waals surface area contributed by atoms with Gasteiger partial charge in [-0.05, 0) is 46.0 Å². The van der Waals surface area contributed by atoms with Gasteiger partial charge in [-0.3, -0.25) is 0 Å². The number of carboxylic acid groups (broad SMARTS) is 1. The number of amides is 1. The van der Waals surface area contributed by atoms with Gasteiger partial charge in [-0.25, -0.2) is 14.6 Å². The molecule has 6 nitrogen and oxygen atoms in total. The minimum Gasteiger partial charge on any atom is -0.476 e. The monoisotopic (exact) mass is 338 g/mol. The largest absolute Gasteiger partial charge is 0.476 e. The lowest BCUT2D eigenvalue weighted by Crippen LogP contribution is -2.40. The number of carboxylic acids is 1. The van der Waals surface area contributed by atoms with Crippen molar-refractivity contribution >= 4 is 23.4 Å². The first-order valence-corrected chi connectivity index (χ1v) is 8.81. The van der Waals surface area contributed by atoms with Gasteiger partial charge in [0.25, 0.3) is 0 Å². The summed E-state index contributed by atoms with van der Waals surface area (Å²) in [5, 5.41) is 10.9. The summed E-state index contributed by atoms with van der Waals surface area (Å²) in [5.74, 6) is -0.292. The Balaban J connectivity index is 1.68. The number of nitrogens with zero attached hydrogens (tertiary/aromatic N) is 2. The van der Waals surface area contributed by atoms with Gasteiger partial charge in [-0.1, -0.05) is 0 Å². The first-order chi connectivity index (χ1) is 10.7. The third-order valence-electron chi connectivity index (χ3n) is 4.02. The van der Waals surface area contributed by atoms with Gasteiger partial charge in [0.15, 0.2) is 0 Å². The molecule has 23 heavy (non-hydrogen) atoms. The van der Waals surface area contributed by atoms with Gasteiger partial charge in [0.2, 0.25) is 5.01 Å². The second-order valence-corrected chi connectivity index (χ2v) is 8.23. The van der Waals surface area contributed by atoms with E-state index >= 15 is 0 Å². The lowest BCUT2D eigenvalue weighted by Gasteiger charge is -2.27. The molecule has 0 spiro atoms. The third-order valence-corrected chi connectivity index (χ3v) is 4.87. The van der Waals surface area contributed by atoms with E-state index in [4.69, 9.17) is 9.84 Å². The molecule has 3 rings (SSSR count). The van der Waals surface area contributed by atoms with Crippen LogP contribution in [0, 0.1) is 5.92 Å². The topological polar surface area (TPSA) is 79.7 Å². The minimum atomic E-state index is -1.000. The van der Waals surface area contributed by atoms with Crippen molar-refractivity contribution in [1.29, 1.82) is 0 Å². The van der Waals surface area contributed by atoms with Gasteiger partial charge < -0.3 is 14.7 Å². The number of hydrogen-bond donors (Lipinski definition) is 1. The third kappa shape index (κ3) is 4.02. The van der Waals surface area contributed by atoms with E-state index in [9.17, 15) is 9.59 Å². The Morgan fingerprint density at radius 1 is 1.43 bits per heavy atom. The van der Waals surface area contributed by atoms with Crippen molar-refractivity contribution in [1.82, 2.24) is 9.88 Å². The van der Waals surface area contributed by atoms with Gasteiger partial charge >= 0.3 is 12.1 Å². The molecule has 0 bridgehead atoms. The zero-order valence-corrected chi connectivity index (χ0v) is 14.4. The van der Waals surface area contributed by atoms with Crippen LogP contribution < -0.4 is 0 Å². The number of rotatable bonds is 5. The second-order valence-electron chi connectivity index (χ2n) is 7.37. The Labute approximate surface area is 139 Å². The zero-order valence-electron chi connectivity index (χ0n) is 13.6. The van der Waals surface area contributed by atoms with Crippen molar-refractivity contribution in [2.75, 3.05) is 6.54 Å². The normalized spacial score (nSPS) is 23.4. The van der Waals surface area contributed by atoms with E-state index in [1.165, 1.54) is 0 Å². The van der Waals surface area contributed by atoms with Gasteiger partial charge in [-0.15, -0.1) is 11.3 Å². The minimum absolute atomic E-state index is 0.0780. The Kier molecular flexibility index (Phi) is 4.08. The summed E-state index contributed by atoms with van der Waals surface area (Å²) >= 11 is 1.14. The second kappa shape index (κ2) is 5.78. The van der Waals surface area contributed by atoms with Crippen LogP contribution in [0.1, 0.15) is 61.4 Å². The fraction of sp³-hybridized carbons (Fsp3) is 0.688. The van der Waals surface area contributed by atoms with Crippen LogP contribution >= 0.6 is 11.3 Å². The van der Waals surface area contributed by atoms with Crippen LogP contribution in [0.3, 0.4) is 0 Å². The summed E-state index contributed by atoms with van der Waals surface area (Å²) in [7, 11) is 0. The number of aromatic carboxylic acids is 1. The fourth-order valence-corrected chi connectivity index (χ4v) is 3.36. The summed E-state index contributed by atoms with van der Waals surface area (Å²) in [6, 6.07) is 0.0780. The van der Waals surface area contributed by atoms with Crippen LogP contribution in [0.2, 0.25) is 0 Å². The summed E-state index contributed by atoms with van der Waals surface area (Å²) in [6.07, 6.45) is 2.88. The molecule has 1 N–H and O–H groups in total. The number of thiazole rings is 1. The number of carbonyl (C=O) groups is 2. The number of ether oxygens (including phenoxy) is 1. The molecule has 7 heteroatoms. The van der Waals surface area contributed by atoms with Crippen molar-refractivity contribution in [3.8, 4) is 0 Å². The predicted molar refractivity (Wildman–Crippen MR) is 85.9 cm³/mol. The molecular formula is C16H22N2O4S. The highest BCUT2D eigenvalue weighted by atomic mass is 32.1. The Hall–Kier alpha value is -1.63. The van der Waals surface area contributed by atoms with Gasteiger partial charge in [0, 0.05) is 23.9 Å². The lowest BCUT2D eigenvalue weighted by atomic mass is 10.2. The van der Waals surface area contributed by atoms with E-state index < -0.39 is 11.6 Å². The summed E-state index contributed by atoms with van der Waals surface area (Å²) in [5.41, 5.74) is 0.266. The first kappa shape index (κ1) is 16.2. The maximum Gasteiger partial charge on any atom is 0.410 e. The molecular weight excluding hydrogens is 316 g/mol. The molecule has 0 aromatic carbocycles. The molecule has 2 unspecified atom stereocenters. The average Bonchev–Trinajstić information content (AvgIpc) is 3.33. The molecule has 0 radical (unpaired) electrons. The molecule has 1 amide bonds. The highest BCUT2D eigenvalue weighted by molar-refractivity contribution is 7.11. The van der Waals surface area contributed by atoms with E-state index in [2.05, 4.69) is 4.98 Å². The Bertz CT molecular complexity index is 618. The molecule has 2 aliphatic carbocycles. The van der Waals surface area contributed by atoms with Gasteiger partial charge in [0.05, 0.1) is 5.69 Å². The average molecular weight is 338 g/mol. The van der Waals surface area contributed by atoms with Crippen LogP contribution in [-0.2, 0) is 4.74 Å². The maximum atomic E-state index is 12.5. The SMILES string of the molecule is CC(C)(C)OC(=O)N(CC1CC1)C1CC1c1csc(C(=O)O)n1. The van der Waals surface area contributed by atoms with E-state index in [-0.39, 0.29) is 23.1 Å². The number of aromatic nitrogens is 1.